The minimum atomic E-state index is -3.41. The van der Waals surface area contributed by atoms with E-state index in [1.807, 2.05) is 36.4 Å². The third kappa shape index (κ3) is 4.90. The molecule has 0 aliphatic rings. The highest BCUT2D eigenvalue weighted by Gasteiger charge is 2.17. The smallest absolute Gasteiger partial charge is 0.242 e. The normalized spacial score (nSPS) is 10.9. The Morgan fingerprint density at radius 2 is 1.92 bits per heavy atom. The van der Waals surface area contributed by atoms with Crippen molar-refractivity contribution in [2.75, 3.05) is 12.9 Å². The monoisotopic (exact) mass is 455 g/mol. The molecular weight excluding hydrogens is 438 g/mol. The molecule has 2 aromatic carbocycles. The Hall–Kier alpha value is -1.76. The molecule has 0 fully saturated rings. The van der Waals surface area contributed by atoms with Crippen molar-refractivity contribution >= 4 is 48.5 Å². The van der Waals surface area contributed by atoms with Gasteiger partial charge in [0.25, 0.3) is 0 Å². The number of methoxy groups -OCH3 is 1. The van der Waals surface area contributed by atoms with Gasteiger partial charge in [0.1, 0.15) is 5.75 Å². The van der Waals surface area contributed by atoms with Crippen LogP contribution in [0, 0.1) is 0 Å². The predicted octanol–water partition coefficient (Wildman–Crippen LogP) is 5.20. The number of hydrogen-bond donors (Lipinski definition) is 0. The number of halogens is 2. The summed E-state index contributed by atoms with van der Waals surface area (Å²) in [6, 6.07) is 15.1. The maximum absolute atomic E-state index is 12.1. The average molecular weight is 457 g/mol. The fraction of sp³-hybridized carbons (Fsp3) is 0.158. The van der Waals surface area contributed by atoms with Gasteiger partial charge in [0, 0.05) is 21.9 Å². The fourth-order valence-corrected chi connectivity index (χ4v) is 4.14. The SMILES string of the molecule is C=CCS(=O)(=O)n1cc(CCl)c2cc(Br)ccc21.COc1ccccc1. The summed E-state index contributed by atoms with van der Waals surface area (Å²) in [5, 5.41) is 0.840. The third-order valence-electron chi connectivity index (χ3n) is 3.57. The first-order chi connectivity index (χ1) is 12.4. The molecule has 0 aliphatic heterocycles. The molecule has 0 spiro atoms. The number of para-hydroxylation sites is 1. The molecule has 3 aromatic rings. The van der Waals surface area contributed by atoms with E-state index in [0.717, 1.165) is 21.2 Å². The Morgan fingerprint density at radius 1 is 1.23 bits per heavy atom. The number of rotatable bonds is 5. The van der Waals surface area contributed by atoms with Crippen LogP contribution in [-0.4, -0.2) is 25.3 Å². The molecule has 0 bridgehead atoms. The number of benzene rings is 2. The molecule has 0 radical (unpaired) electrons. The lowest BCUT2D eigenvalue weighted by molar-refractivity contribution is 0.415. The van der Waals surface area contributed by atoms with Gasteiger partial charge in [0.15, 0.2) is 0 Å². The Balaban J connectivity index is 0.000000254. The summed E-state index contributed by atoms with van der Waals surface area (Å²) < 4.78 is 31.3. The molecule has 0 saturated heterocycles. The summed E-state index contributed by atoms with van der Waals surface area (Å²) in [4.78, 5) is 0. The van der Waals surface area contributed by atoms with E-state index in [1.54, 1.807) is 25.4 Å². The van der Waals surface area contributed by atoms with Gasteiger partial charge < -0.3 is 4.74 Å². The summed E-state index contributed by atoms with van der Waals surface area (Å²) in [5.41, 5.74) is 1.43. The van der Waals surface area contributed by atoms with Crippen LogP contribution in [0.5, 0.6) is 5.75 Å². The van der Waals surface area contributed by atoms with Gasteiger partial charge in [-0.1, -0.05) is 40.2 Å². The van der Waals surface area contributed by atoms with E-state index in [2.05, 4.69) is 22.5 Å². The van der Waals surface area contributed by atoms with Crippen LogP contribution in [0.4, 0.5) is 0 Å². The standard InChI is InChI=1S/C12H11BrClNO2S.C7H8O/c1-2-5-18(16,17)15-8-9(7-14)11-6-10(13)3-4-12(11)15;1-8-7-5-3-2-4-6-7/h2-4,6,8H,1,5,7H2;2-6H,1H3. The molecule has 26 heavy (non-hydrogen) atoms. The van der Waals surface area contributed by atoms with Crippen LogP contribution < -0.4 is 4.74 Å². The van der Waals surface area contributed by atoms with E-state index in [-0.39, 0.29) is 11.6 Å². The van der Waals surface area contributed by atoms with E-state index in [4.69, 9.17) is 16.3 Å². The lowest BCUT2D eigenvalue weighted by atomic mass is 10.2. The second kappa shape index (κ2) is 9.26. The number of aromatic nitrogens is 1. The minimum Gasteiger partial charge on any atom is -0.497 e. The Kier molecular flexibility index (Phi) is 7.32. The highest BCUT2D eigenvalue weighted by Crippen LogP contribution is 2.27. The number of alkyl halides is 1. The van der Waals surface area contributed by atoms with E-state index >= 15 is 0 Å². The van der Waals surface area contributed by atoms with Gasteiger partial charge in [0.05, 0.1) is 18.4 Å². The van der Waals surface area contributed by atoms with Gasteiger partial charge in [-0.25, -0.2) is 12.4 Å². The van der Waals surface area contributed by atoms with Crippen molar-refractivity contribution in [1.29, 1.82) is 0 Å². The van der Waals surface area contributed by atoms with Crippen molar-refractivity contribution < 1.29 is 13.2 Å². The molecule has 1 heterocycles. The van der Waals surface area contributed by atoms with E-state index in [9.17, 15) is 8.42 Å². The van der Waals surface area contributed by atoms with Crippen molar-refractivity contribution in [2.45, 2.75) is 5.88 Å². The van der Waals surface area contributed by atoms with E-state index in [1.165, 1.54) is 10.0 Å². The van der Waals surface area contributed by atoms with Crippen LogP contribution in [0.15, 0.2) is 71.9 Å². The van der Waals surface area contributed by atoms with Gasteiger partial charge in [-0.05, 0) is 35.9 Å². The van der Waals surface area contributed by atoms with Crippen LogP contribution in [-0.2, 0) is 15.9 Å². The zero-order valence-electron chi connectivity index (χ0n) is 14.2. The van der Waals surface area contributed by atoms with Crippen LogP contribution in [0.1, 0.15) is 5.56 Å². The first kappa shape index (κ1) is 20.6. The first-order valence-electron chi connectivity index (χ1n) is 7.71. The lowest BCUT2D eigenvalue weighted by Gasteiger charge is -2.04. The maximum atomic E-state index is 12.1. The summed E-state index contributed by atoms with van der Waals surface area (Å²) in [6.45, 7) is 3.47. The average Bonchev–Trinajstić information content (AvgIpc) is 3.01. The number of hydrogen-bond acceptors (Lipinski definition) is 3. The maximum Gasteiger partial charge on any atom is 0.242 e. The number of ether oxygens (including phenoxy) is 1. The van der Waals surface area contributed by atoms with Crippen LogP contribution in [0.3, 0.4) is 0 Å². The molecule has 0 aliphatic carbocycles. The lowest BCUT2D eigenvalue weighted by Crippen LogP contribution is -2.14. The third-order valence-corrected chi connectivity index (χ3v) is 5.91. The topological polar surface area (TPSA) is 48.3 Å². The quantitative estimate of drug-likeness (QED) is 0.391. The molecule has 7 heteroatoms. The van der Waals surface area contributed by atoms with Crippen LogP contribution in [0.2, 0.25) is 0 Å². The highest BCUT2D eigenvalue weighted by atomic mass is 79.9. The van der Waals surface area contributed by atoms with Crippen molar-refractivity contribution in [3.05, 3.63) is 77.4 Å². The molecule has 0 atom stereocenters. The zero-order chi connectivity index (χ0) is 19.2. The second-order valence-corrected chi connectivity index (χ2v) is 8.40. The highest BCUT2D eigenvalue weighted by molar-refractivity contribution is 9.10. The molecule has 1 aromatic heterocycles. The van der Waals surface area contributed by atoms with Gasteiger partial charge in [-0.15, -0.1) is 18.2 Å². The van der Waals surface area contributed by atoms with Crippen LogP contribution >= 0.6 is 27.5 Å². The summed E-state index contributed by atoms with van der Waals surface area (Å²) in [6.07, 6.45) is 2.95. The molecule has 0 amide bonds. The Labute approximate surface area is 167 Å². The molecule has 0 N–H and O–H groups in total. The van der Waals surface area contributed by atoms with Gasteiger partial charge in [0.2, 0.25) is 10.0 Å². The summed E-state index contributed by atoms with van der Waals surface area (Å²) in [7, 11) is -1.75. The first-order valence-corrected chi connectivity index (χ1v) is 10.6. The largest absolute Gasteiger partial charge is 0.497 e. The molecular formula is C19H19BrClNO3S. The fourth-order valence-electron chi connectivity index (χ4n) is 2.36. The van der Waals surface area contributed by atoms with Crippen molar-refractivity contribution in [3.8, 4) is 5.75 Å². The van der Waals surface area contributed by atoms with Crippen LogP contribution in [0.25, 0.3) is 10.9 Å². The van der Waals surface area contributed by atoms with E-state index < -0.39 is 10.0 Å². The van der Waals surface area contributed by atoms with Gasteiger partial charge in [-0.2, -0.15) is 0 Å². The van der Waals surface area contributed by atoms with E-state index in [0.29, 0.717) is 5.52 Å². The molecule has 0 unspecified atom stereocenters. The Bertz CT molecular complexity index is 985. The minimum absolute atomic E-state index is 0.103. The predicted molar refractivity (Wildman–Crippen MR) is 112 cm³/mol. The molecule has 4 nitrogen and oxygen atoms in total. The zero-order valence-corrected chi connectivity index (χ0v) is 17.4. The molecule has 0 saturated carbocycles. The Morgan fingerprint density at radius 3 is 2.46 bits per heavy atom. The van der Waals surface area contributed by atoms with Gasteiger partial charge in [-0.3, -0.25) is 0 Å². The van der Waals surface area contributed by atoms with Crippen molar-refractivity contribution in [3.63, 3.8) is 0 Å². The van der Waals surface area contributed by atoms with Gasteiger partial charge >= 0.3 is 0 Å². The summed E-state index contributed by atoms with van der Waals surface area (Å²) >= 11 is 9.22. The van der Waals surface area contributed by atoms with Crippen molar-refractivity contribution in [2.24, 2.45) is 0 Å². The number of nitrogens with zero attached hydrogens (tertiary/aromatic N) is 1. The molecule has 138 valence electrons. The number of fused-ring (bicyclic) bond motifs is 1. The molecule has 3 rings (SSSR count). The van der Waals surface area contributed by atoms with Crippen molar-refractivity contribution in [1.82, 2.24) is 3.97 Å². The summed E-state index contributed by atoms with van der Waals surface area (Å²) in [5.74, 6) is 1.07. The second-order valence-electron chi connectivity index (χ2n) is 5.33.